The highest BCUT2D eigenvalue weighted by molar-refractivity contribution is 6.25. The zero-order valence-electron chi connectivity index (χ0n) is 26.0. The van der Waals surface area contributed by atoms with Gasteiger partial charge in [-0.15, -0.1) is 0 Å². The molecule has 0 aliphatic heterocycles. The van der Waals surface area contributed by atoms with Crippen LogP contribution >= 0.6 is 0 Å². The Labute approximate surface area is 278 Å². The number of benzene rings is 7. The summed E-state index contributed by atoms with van der Waals surface area (Å²) in [5.74, 6) is 1.88. The van der Waals surface area contributed by atoms with Crippen molar-refractivity contribution in [2.24, 2.45) is 0 Å². The van der Waals surface area contributed by atoms with Crippen molar-refractivity contribution in [3.63, 3.8) is 0 Å². The van der Waals surface area contributed by atoms with Crippen LogP contribution in [0.15, 0.2) is 170 Å². The predicted octanol–water partition coefficient (Wildman–Crippen LogP) is 11.1. The third-order valence-electron chi connectivity index (χ3n) is 9.05. The lowest BCUT2D eigenvalue weighted by atomic mass is 9.91. The topological polar surface area (TPSA) is 51.6 Å². The van der Waals surface area contributed by atoms with Gasteiger partial charge in [-0.1, -0.05) is 140 Å². The summed E-state index contributed by atoms with van der Waals surface area (Å²) in [5, 5.41) is 7.67. The minimum atomic E-state index is 0.614. The minimum Gasteiger partial charge on any atom is -0.265 e. The van der Waals surface area contributed by atoms with Crippen molar-refractivity contribution in [3.8, 4) is 56.4 Å². The molecule has 0 fully saturated rings. The fraction of sp³-hybridized carbons (Fsp3) is 0. The molecular formula is C44H28N4. The van der Waals surface area contributed by atoms with Crippen LogP contribution in [0.1, 0.15) is 0 Å². The molecule has 224 valence electrons. The maximum absolute atomic E-state index is 4.99. The molecule has 0 saturated carbocycles. The third kappa shape index (κ3) is 4.88. The standard InChI is InChI=1S/C44H28N4/c1-2-10-31(11-3-1)42-46-43(32-24-26-45-27-25-32)48-44(47-42)40-17-9-4-12-34(40)30-20-18-29(19-21-30)33-22-23-39-37-15-6-5-13-35(37)36-14-7-8-16-38(36)41(39)28-33/h1-28H. The number of hydrogen-bond acceptors (Lipinski definition) is 4. The summed E-state index contributed by atoms with van der Waals surface area (Å²) in [6.07, 6.45) is 3.52. The number of nitrogens with zero attached hydrogens (tertiary/aromatic N) is 4. The molecular weight excluding hydrogens is 585 g/mol. The highest BCUT2D eigenvalue weighted by Gasteiger charge is 2.16. The van der Waals surface area contributed by atoms with Crippen molar-refractivity contribution >= 4 is 32.3 Å². The highest BCUT2D eigenvalue weighted by atomic mass is 15.0. The molecule has 0 aliphatic rings. The first-order chi connectivity index (χ1) is 23.8. The number of pyridine rings is 1. The van der Waals surface area contributed by atoms with Gasteiger partial charge in [0.05, 0.1) is 0 Å². The summed E-state index contributed by atoms with van der Waals surface area (Å²) >= 11 is 0. The number of rotatable bonds is 5. The molecule has 0 saturated heterocycles. The minimum absolute atomic E-state index is 0.614. The van der Waals surface area contributed by atoms with E-state index in [1.165, 1.54) is 43.4 Å². The van der Waals surface area contributed by atoms with Crippen LogP contribution < -0.4 is 0 Å². The Kier molecular flexibility index (Phi) is 6.76. The van der Waals surface area contributed by atoms with E-state index in [0.717, 1.165) is 27.8 Å². The van der Waals surface area contributed by atoms with E-state index in [4.69, 9.17) is 15.0 Å². The molecule has 4 nitrogen and oxygen atoms in total. The molecule has 0 amide bonds. The average molecular weight is 613 g/mol. The lowest BCUT2D eigenvalue weighted by molar-refractivity contribution is 1.07. The van der Waals surface area contributed by atoms with Crippen molar-refractivity contribution in [3.05, 3.63) is 170 Å². The SMILES string of the molecule is c1ccc(-c2nc(-c3ccncc3)nc(-c3ccccc3-c3ccc(-c4ccc5c6ccccc6c6ccccc6c5c4)cc3)n2)cc1. The molecule has 2 heterocycles. The second kappa shape index (κ2) is 11.7. The zero-order valence-corrected chi connectivity index (χ0v) is 26.0. The first-order valence-corrected chi connectivity index (χ1v) is 16.1. The molecule has 0 spiro atoms. The van der Waals surface area contributed by atoms with Crippen LogP contribution in [0.4, 0.5) is 0 Å². The number of aromatic nitrogens is 4. The van der Waals surface area contributed by atoms with Crippen molar-refractivity contribution in [2.45, 2.75) is 0 Å². The van der Waals surface area contributed by atoms with Crippen molar-refractivity contribution in [2.75, 3.05) is 0 Å². The Morgan fingerprint density at radius 3 is 1.38 bits per heavy atom. The van der Waals surface area contributed by atoms with E-state index in [2.05, 4.69) is 114 Å². The molecule has 4 heteroatoms. The fourth-order valence-corrected chi connectivity index (χ4v) is 6.70. The predicted molar refractivity (Wildman–Crippen MR) is 197 cm³/mol. The van der Waals surface area contributed by atoms with Gasteiger partial charge in [0, 0.05) is 29.1 Å². The first-order valence-electron chi connectivity index (χ1n) is 16.1. The van der Waals surface area contributed by atoms with E-state index < -0.39 is 0 Å². The molecule has 7 aromatic carbocycles. The molecule has 9 aromatic rings. The Morgan fingerprint density at radius 1 is 0.271 bits per heavy atom. The van der Waals surface area contributed by atoms with Crippen LogP contribution in [0.3, 0.4) is 0 Å². The maximum Gasteiger partial charge on any atom is 0.164 e. The summed E-state index contributed by atoms with van der Waals surface area (Å²) in [5.41, 5.74) is 7.30. The zero-order chi connectivity index (χ0) is 31.9. The lowest BCUT2D eigenvalue weighted by Gasteiger charge is -2.13. The molecule has 0 aliphatic carbocycles. The molecule has 2 aromatic heterocycles. The summed E-state index contributed by atoms with van der Waals surface area (Å²) in [6, 6.07) is 55.3. The Balaban J connectivity index is 1.14. The smallest absolute Gasteiger partial charge is 0.164 e. The Bertz CT molecular complexity index is 2500. The number of fused-ring (bicyclic) bond motifs is 6. The van der Waals surface area contributed by atoms with Crippen LogP contribution in [0.2, 0.25) is 0 Å². The van der Waals surface area contributed by atoms with Crippen LogP contribution in [0, 0.1) is 0 Å². The summed E-state index contributed by atoms with van der Waals surface area (Å²) in [4.78, 5) is 19.0. The molecule has 0 radical (unpaired) electrons. The molecule has 48 heavy (non-hydrogen) atoms. The molecule has 0 unspecified atom stereocenters. The second-order valence-corrected chi connectivity index (χ2v) is 11.9. The van der Waals surface area contributed by atoms with E-state index in [0.29, 0.717) is 17.5 Å². The summed E-state index contributed by atoms with van der Waals surface area (Å²) in [7, 11) is 0. The monoisotopic (exact) mass is 612 g/mol. The van der Waals surface area contributed by atoms with Gasteiger partial charge in [0.2, 0.25) is 0 Å². The van der Waals surface area contributed by atoms with E-state index in [1.807, 2.05) is 48.5 Å². The van der Waals surface area contributed by atoms with Crippen molar-refractivity contribution in [1.82, 2.24) is 19.9 Å². The maximum atomic E-state index is 4.99. The van der Waals surface area contributed by atoms with E-state index in [9.17, 15) is 0 Å². The molecule has 0 atom stereocenters. The van der Waals surface area contributed by atoms with Gasteiger partial charge in [-0.25, -0.2) is 15.0 Å². The van der Waals surface area contributed by atoms with Crippen molar-refractivity contribution < 1.29 is 0 Å². The Morgan fingerprint density at radius 2 is 0.729 bits per heavy atom. The average Bonchev–Trinajstić information content (AvgIpc) is 3.18. The van der Waals surface area contributed by atoms with Gasteiger partial charge >= 0.3 is 0 Å². The molecule has 9 rings (SSSR count). The quantitative estimate of drug-likeness (QED) is 0.181. The lowest BCUT2D eigenvalue weighted by Crippen LogP contribution is -2.01. The normalized spacial score (nSPS) is 11.3. The van der Waals surface area contributed by atoms with Crippen LogP contribution in [-0.2, 0) is 0 Å². The Hall–Kier alpha value is -6.52. The largest absolute Gasteiger partial charge is 0.265 e. The molecule has 0 N–H and O–H groups in total. The highest BCUT2D eigenvalue weighted by Crippen LogP contribution is 2.38. The van der Waals surface area contributed by atoms with Gasteiger partial charge in [0.15, 0.2) is 17.5 Å². The summed E-state index contributed by atoms with van der Waals surface area (Å²) in [6.45, 7) is 0. The van der Waals surface area contributed by atoms with Crippen molar-refractivity contribution in [1.29, 1.82) is 0 Å². The van der Waals surface area contributed by atoms with Crippen LogP contribution in [0.25, 0.3) is 88.7 Å². The third-order valence-corrected chi connectivity index (χ3v) is 9.05. The fourth-order valence-electron chi connectivity index (χ4n) is 6.70. The molecule has 0 bridgehead atoms. The van der Waals surface area contributed by atoms with Gasteiger partial charge in [-0.3, -0.25) is 4.98 Å². The van der Waals surface area contributed by atoms with Gasteiger partial charge in [0.25, 0.3) is 0 Å². The van der Waals surface area contributed by atoms with Crippen LogP contribution in [-0.4, -0.2) is 19.9 Å². The van der Waals surface area contributed by atoms with Gasteiger partial charge < -0.3 is 0 Å². The van der Waals surface area contributed by atoms with Gasteiger partial charge in [-0.05, 0) is 72.8 Å². The summed E-state index contributed by atoms with van der Waals surface area (Å²) < 4.78 is 0. The first kappa shape index (κ1) is 27.8. The van der Waals surface area contributed by atoms with Gasteiger partial charge in [0.1, 0.15) is 0 Å². The second-order valence-electron chi connectivity index (χ2n) is 11.9. The van der Waals surface area contributed by atoms with Gasteiger partial charge in [-0.2, -0.15) is 0 Å². The van der Waals surface area contributed by atoms with E-state index in [1.54, 1.807) is 12.4 Å². The van der Waals surface area contributed by atoms with E-state index in [-0.39, 0.29) is 0 Å². The number of hydrogen-bond donors (Lipinski definition) is 0. The van der Waals surface area contributed by atoms with E-state index >= 15 is 0 Å². The van der Waals surface area contributed by atoms with Crippen LogP contribution in [0.5, 0.6) is 0 Å².